The highest BCUT2D eigenvalue weighted by atomic mass is 79.9. The number of benzene rings is 2. The second-order valence-corrected chi connectivity index (χ2v) is 13.7. The predicted molar refractivity (Wildman–Crippen MR) is 131 cm³/mol. The molecule has 6 heteroatoms. The van der Waals surface area contributed by atoms with Gasteiger partial charge in [-0.15, -0.1) is 10.7 Å². The highest BCUT2D eigenvalue weighted by Crippen LogP contribution is 2.38. The van der Waals surface area contributed by atoms with Gasteiger partial charge >= 0.3 is 0 Å². The first-order chi connectivity index (χ1) is 14.3. The van der Waals surface area contributed by atoms with E-state index in [0.29, 0.717) is 23.8 Å². The van der Waals surface area contributed by atoms with E-state index in [4.69, 9.17) is 9.47 Å². The molecule has 0 atom stereocenters. The maximum absolute atomic E-state index is 5.98. The molecule has 0 aliphatic heterocycles. The van der Waals surface area contributed by atoms with Crippen LogP contribution in [0, 0.1) is 11.5 Å². The van der Waals surface area contributed by atoms with E-state index in [1.165, 1.54) is 12.8 Å². The molecule has 0 bridgehead atoms. The fourth-order valence-corrected chi connectivity index (χ4v) is 3.57. The van der Waals surface area contributed by atoms with E-state index in [1.54, 1.807) is 7.11 Å². The van der Waals surface area contributed by atoms with Crippen LogP contribution in [0.2, 0.25) is 19.6 Å². The zero-order valence-corrected chi connectivity index (χ0v) is 21.2. The van der Waals surface area contributed by atoms with Gasteiger partial charge in [-0.3, -0.25) is 0 Å². The topological polar surface area (TPSA) is 43.2 Å². The molecule has 0 heterocycles. The molecule has 0 spiro atoms. The number of azo groups is 1. The van der Waals surface area contributed by atoms with Crippen LogP contribution in [0.4, 0.5) is 11.4 Å². The largest absolute Gasteiger partial charge is 0.495 e. The summed E-state index contributed by atoms with van der Waals surface area (Å²) in [5.41, 5.74) is 5.79. The van der Waals surface area contributed by atoms with Crippen LogP contribution in [0.25, 0.3) is 0 Å². The van der Waals surface area contributed by atoms with Crippen molar-refractivity contribution >= 4 is 35.4 Å². The summed E-state index contributed by atoms with van der Waals surface area (Å²) in [6, 6.07) is 11.5. The first-order valence-corrected chi connectivity index (χ1v) is 14.7. The first kappa shape index (κ1) is 24.2. The first-order valence-electron chi connectivity index (χ1n) is 10.4. The van der Waals surface area contributed by atoms with Gasteiger partial charge < -0.3 is 9.47 Å². The van der Waals surface area contributed by atoms with Gasteiger partial charge in [-0.1, -0.05) is 51.7 Å². The number of nitrogens with zero attached hydrogens (tertiary/aromatic N) is 2. The molecule has 0 saturated heterocycles. The minimum atomic E-state index is -1.38. The Morgan fingerprint density at radius 2 is 1.70 bits per heavy atom. The quantitative estimate of drug-likeness (QED) is 0.155. The third-order valence-electron chi connectivity index (χ3n) is 4.21. The molecule has 0 aliphatic carbocycles. The number of hydrogen-bond donors (Lipinski definition) is 0. The Kier molecular flexibility index (Phi) is 9.61. The summed E-state index contributed by atoms with van der Waals surface area (Å²) in [4.78, 5) is 0. The molecule has 2 rings (SSSR count). The van der Waals surface area contributed by atoms with Crippen LogP contribution in [0.5, 0.6) is 11.5 Å². The number of unbranched alkanes of at least 4 members (excludes halogenated alkanes) is 3. The molecule has 160 valence electrons. The van der Waals surface area contributed by atoms with Crippen LogP contribution in [-0.2, 0) is 0 Å². The molecule has 30 heavy (non-hydrogen) atoms. The number of ether oxygens (including phenoxy) is 2. The van der Waals surface area contributed by atoms with Gasteiger partial charge in [-0.2, -0.15) is 5.11 Å². The smallest absolute Gasteiger partial charge is 0.148 e. The Morgan fingerprint density at radius 3 is 2.33 bits per heavy atom. The number of methoxy groups -OCH3 is 1. The summed E-state index contributed by atoms with van der Waals surface area (Å²) < 4.78 is 12.2. The van der Waals surface area contributed by atoms with Crippen molar-refractivity contribution in [3.8, 4) is 23.0 Å². The van der Waals surface area contributed by atoms with Crippen LogP contribution in [0.15, 0.2) is 51.1 Å². The average Bonchev–Trinajstić information content (AvgIpc) is 2.71. The standard InChI is InChI=1S/C24H31BrN2O2Si/c1-6-7-8-9-15-29-24-17-21(25)23(28-2)18-22(24)27-26-20-12-10-19(11-13-20)14-16-30(3,4)5/h10-13,17-18H,6-9,15H2,1-5H3. The molecular formula is C24H31BrN2O2Si. The van der Waals surface area contributed by atoms with E-state index < -0.39 is 8.07 Å². The number of rotatable bonds is 9. The molecule has 0 amide bonds. The van der Waals surface area contributed by atoms with Gasteiger partial charge in [0.05, 0.1) is 23.9 Å². The zero-order chi connectivity index (χ0) is 22.0. The fourth-order valence-electron chi connectivity index (χ4n) is 2.57. The van der Waals surface area contributed by atoms with Crippen LogP contribution < -0.4 is 9.47 Å². The summed E-state index contributed by atoms with van der Waals surface area (Å²) in [5, 5.41) is 8.81. The molecule has 0 saturated carbocycles. The molecule has 0 aliphatic rings. The van der Waals surface area contributed by atoms with E-state index in [0.717, 1.165) is 28.6 Å². The van der Waals surface area contributed by atoms with Crippen molar-refractivity contribution in [2.24, 2.45) is 10.2 Å². The Balaban J connectivity index is 2.16. The van der Waals surface area contributed by atoms with Crippen molar-refractivity contribution in [3.63, 3.8) is 0 Å². The lowest BCUT2D eigenvalue weighted by Crippen LogP contribution is -2.16. The Hall–Kier alpha value is -2.10. The molecule has 0 fully saturated rings. The lowest BCUT2D eigenvalue weighted by atomic mass is 10.2. The third-order valence-corrected chi connectivity index (χ3v) is 5.71. The SMILES string of the molecule is CCCCCCOc1cc(Br)c(OC)cc1N=Nc1ccc(C#C[Si](C)(C)C)cc1. The summed E-state index contributed by atoms with van der Waals surface area (Å²) in [6.45, 7) is 9.56. The van der Waals surface area contributed by atoms with Crippen LogP contribution in [0.3, 0.4) is 0 Å². The maximum Gasteiger partial charge on any atom is 0.148 e. The summed E-state index contributed by atoms with van der Waals surface area (Å²) in [7, 11) is 0.247. The van der Waals surface area contributed by atoms with E-state index >= 15 is 0 Å². The summed E-state index contributed by atoms with van der Waals surface area (Å²) >= 11 is 3.52. The highest BCUT2D eigenvalue weighted by Gasteiger charge is 2.11. The van der Waals surface area contributed by atoms with Gasteiger partial charge in [-0.25, -0.2) is 0 Å². The van der Waals surface area contributed by atoms with Crippen molar-refractivity contribution in [2.45, 2.75) is 52.2 Å². The van der Waals surface area contributed by atoms with Crippen molar-refractivity contribution < 1.29 is 9.47 Å². The van der Waals surface area contributed by atoms with Gasteiger partial charge in [0.15, 0.2) is 0 Å². The predicted octanol–water partition coefficient (Wildman–Crippen LogP) is 8.06. The normalized spacial score (nSPS) is 11.3. The molecule has 2 aromatic carbocycles. The van der Waals surface area contributed by atoms with E-state index in [2.05, 4.69) is 64.2 Å². The van der Waals surface area contributed by atoms with Gasteiger partial charge in [0.25, 0.3) is 0 Å². The fraction of sp³-hybridized carbons (Fsp3) is 0.417. The van der Waals surface area contributed by atoms with Gasteiger partial charge in [0.2, 0.25) is 0 Å². The molecular weight excluding hydrogens is 456 g/mol. The van der Waals surface area contributed by atoms with E-state index in [9.17, 15) is 0 Å². The van der Waals surface area contributed by atoms with E-state index in [-0.39, 0.29) is 0 Å². The lowest BCUT2D eigenvalue weighted by Gasteiger charge is -2.11. The third kappa shape index (κ3) is 8.33. The minimum absolute atomic E-state index is 0.646. The maximum atomic E-state index is 5.98. The van der Waals surface area contributed by atoms with Gasteiger partial charge in [0, 0.05) is 17.7 Å². The monoisotopic (exact) mass is 486 g/mol. The van der Waals surface area contributed by atoms with Crippen LogP contribution in [-0.4, -0.2) is 21.8 Å². The molecule has 4 nitrogen and oxygen atoms in total. The van der Waals surface area contributed by atoms with Gasteiger partial charge in [-0.05, 0) is 46.6 Å². The lowest BCUT2D eigenvalue weighted by molar-refractivity contribution is 0.305. The Labute approximate surface area is 190 Å². The highest BCUT2D eigenvalue weighted by molar-refractivity contribution is 9.10. The van der Waals surface area contributed by atoms with Crippen LogP contribution >= 0.6 is 15.9 Å². The Bertz CT molecular complexity index is 910. The average molecular weight is 488 g/mol. The van der Waals surface area contributed by atoms with Crippen molar-refractivity contribution in [2.75, 3.05) is 13.7 Å². The van der Waals surface area contributed by atoms with Crippen molar-refractivity contribution in [1.29, 1.82) is 0 Å². The van der Waals surface area contributed by atoms with Gasteiger partial charge in [0.1, 0.15) is 25.3 Å². The molecule has 0 unspecified atom stereocenters. The second-order valence-electron chi connectivity index (χ2n) is 8.11. The minimum Gasteiger partial charge on any atom is -0.495 e. The Morgan fingerprint density at radius 1 is 0.967 bits per heavy atom. The van der Waals surface area contributed by atoms with Crippen molar-refractivity contribution in [1.82, 2.24) is 0 Å². The van der Waals surface area contributed by atoms with Crippen LogP contribution in [0.1, 0.15) is 38.2 Å². The number of halogens is 1. The molecule has 0 radical (unpaired) electrons. The van der Waals surface area contributed by atoms with Crippen molar-refractivity contribution in [3.05, 3.63) is 46.4 Å². The molecule has 0 aromatic heterocycles. The molecule has 0 N–H and O–H groups in total. The second kappa shape index (κ2) is 11.9. The molecule has 2 aromatic rings. The zero-order valence-electron chi connectivity index (χ0n) is 18.6. The number of hydrogen-bond acceptors (Lipinski definition) is 4. The summed E-state index contributed by atoms with van der Waals surface area (Å²) in [5.74, 6) is 4.64. The summed E-state index contributed by atoms with van der Waals surface area (Å²) in [6.07, 6.45) is 4.61. The van der Waals surface area contributed by atoms with E-state index in [1.807, 2.05) is 36.4 Å².